The van der Waals surface area contributed by atoms with Gasteiger partial charge >= 0.3 is 5.97 Å². The summed E-state index contributed by atoms with van der Waals surface area (Å²) in [6, 6.07) is 12.2. The number of esters is 1. The molecule has 0 spiro atoms. The fraction of sp³-hybridized carbons (Fsp3) is 0.0667. The highest BCUT2D eigenvalue weighted by Crippen LogP contribution is 2.26. The summed E-state index contributed by atoms with van der Waals surface area (Å²) in [6.45, 7) is 0. The molecule has 0 aromatic heterocycles. The molecule has 0 saturated heterocycles. The number of rotatable bonds is 4. The molecular formula is C15H9ClFNO2S. The van der Waals surface area contributed by atoms with Gasteiger partial charge in [0.15, 0.2) is 0 Å². The second-order valence-corrected chi connectivity index (χ2v) is 5.43. The van der Waals surface area contributed by atoms with Crippen molar-refractivity contribution in [2.24, 2.45) is 0 Å². The van der Waals surface area contributed by atoms with E-state index in [9.17, 15) is 9.18 Å². The number of thioether (sulfide) groups is 1. The average molecular weight is 322 g/mol. The van der Waals surface area contributed by atoms with Crippen molar-refractivity contribution in [1.29, 1.82) is 5.26 Å². The molecule has 0 N–H and O–H groups in total. The maximum absolute atomic E-state index is 12.7. The lowest BCUT2D eigenvalue weighted by atomic mass is 10.2. The Morgan fingerprint density at radius 2 is 2.00 bits per heavy atom. The lowest BCUT2D eigenvalue weighted by Gasteiger charge is -2.06. The van der Waals surface area contributed by atoms with Gasteiger partial charge in [-0.25, -0.2) is 4.39 Å². The number of carbonyl (C=O) groups is 1. The van der Waals surface area contributed by atoms with E-state index in [1.54, 1.807) is 12.1 Å². The number of halogens is 2. The number of hydrogen-bond acceptors (Lipinski definition) is 4. The van der Waals surface area contributed by atoms with Crippen LogP contribution in [0, 0.1) is 17.1 Å². The standard InChI is InChI=1S/C15H9ClFNO2S/c16-13-7-10(8-18)1-6-14(13)20-15(19)9-21-12-4-2-11(17)3-5-12/h1-7H,9H2. The van der Waals surface area contributed by atoms with Crippen LogP contribution >= 0.6 is 23.4 Å². The fourth-order valence-corrected chi connectivity index (χ4v) is 2.37. The van der Waals surface area contributed by atoms with Crippen LogP contribution in [0.3, 0.4) is 0 Å². The smallest absolute Gasteiger partial charge is 0.321 e. The van der Waals surface area contributed by atoms with Gasteiger partial charge in [0, 0.05) is 4.90 Å². The van der Waals surface area contributed by atoms with Gasteiger partial charge < -0.3 is 4.74 Å². The predicted octanol–water partition coefficient (Wildman–Crippen LogP) is 4.05. The van der Waals surface area contributed by atoms with Crippen LogP contribution in [0.15, 0.2) is 47.4 Å². The second kappa shape index (κ2) is 7.11. The Hall–Kier alpha value is -2.03. The molecule has 0 bridgehead atoms. The van der Waals surface area contributed by atoms with Crippen LogP contribution in [-0.4, -0.2) is 11.7 Å². The zero-order chi connectivity index (χ0) is 15.2. The number of ether oxygens (including phenoxy) is 1. The molecule has 0 fully saturated rings. The van der Waals surface area contributed by atoms with E-state index in [4.69, 9.17) is 21.6 Å². The van der Waals surface area contributed by atoms with E-state index in [1.807, 2.05) is 6.07 Å². The highest BCUT2D eigenvalue weighted by atomic mass is 35.5. The second-order valence-electron chi connectivity index (χ2n) is 3.97. The van der Waals surface area contributed by atoms with E-state index >= 15 is 0 Å². The molecule has 0 unspecified atom stereocenters. The van der Waals surface area contributed by atoms with Crippen LogP contribution in [0.5, 0.6) is 5.75 Å². The summed E-state index contributed by atoms with van der Waals surface area (Å²) >= 11 is 7.14. The van der Waals surface area contributed by atoms with Crippen molar-refractivity contribution in [1.82, 2.24) is 0 Å². The van der Waals surface area contributed by atoms with Gasteiger partial charge in [-0.2, -0.15) is 5.26 Å². The fourth-order valence-electron chi connectivity index (χ4n) is 1.48. The molecule has 21 heavy (non-hydrogen) atoms. The molecule has 0 radical (unpaired) electrons. The number of hydrogen-bond donors (Lipinski definition) is 0. The van der Waals surface area contributed by atoms with Gasteiger partial charge in [-0.3, -0.25) is 4.79 Å². The van der Waals surface area contributed by atoms with Gasteiger partial charge in [0.2, 0.25) is 0 Å². The number of nitrogens with zero attached hydrogens (tertiary/aromatic N) is 1. The minimum Gasteiger partial charge on any atom is -0.424 e. The maximum atomic E-state index is 12.7. The van der Waals surface area contributed by atoms with Gasteiger partial charge in [-0.1, -0.05) is 11.6 Å². The monoisotopic (exact) mass is 321 g/mol. The molecule has 2 aromatic carbocycles. The molecule has 0 aliphatic heterocycles. The lowest BCUT2D eigenvalue weighted by Crippen LogP contribution is -2.10. The van der Waals surface area contributed by atoms with Gasteiger partial charge in [0.1, 0.15) is 11.6 Å². The van der Waals surface area contributed by atoms with Crippen molar-refractivity contribution in [2.45, 2.75) is 4.90 Å². The van der Waals surface area contributed by atoms with Crippen LogP contribution in [-0.2, 0) is 4.79 Å². The van der Waals surface area contributed by atoms with Crippen molar-refractivity contribution >= 4 is 29.3 Å². The van der Waals surface area contributed by atoms with E-state index in [1.165, 1.54) is 42.1 Å². The highest BCUT2D eigenvalue weighted by Gasteiger charge is 2.10. The molecule has 6 heteroatoms. The quantitative estimate of drug-likeness (QED) is 0.484. The summed E-state index contributed by atoms with van der Waals surface area (Å²) in [7, 11) is 0. The topological polar surface area (TPSA) is 50.1 Å². The number of benzene rings is 2. The Labute approximate surface area is 130 Å². The highest BCUT2D eigenvalue weighted by molar-refractivity contribution is 8.00. The minimum absolute atomic E-state index is 0.0714. The minimum atomic E-state index is -0.476. The first-order chi connectivity index (χ1) is 10.1. The molecule has 2 rings (SSSR count). The summed E-state index contributed by atoms with van der Waals surface area (Å²) in [5.41, 5.74) is 0.389. The summed E-state index contributed by atoms with van der Waals surface area (Å²) in [5.74, 6) is -0.523. The SMILES string of the molecule is N#Cc1ccc(OC(=O)CSc2ccc(F)cc2)c(Cl)c1. The van der Waals surface area contributed by atoms with Gasteiger partial charge in [-0.15, -0.1) is 11.8 Å². The molecular weight excluding hydrogens is 313 g/mol. The third-order valence-electron chi connectivity index (χ3n) is 2.46. The first kappa shape index (κ1) is 15.4. The van der Waals surface area contributed by atoms with Crippen LogP contribution in [0.4, 0.5) is 4.39 Å². The van der Waals surface area contributed by atoms with E-state index in [0.29, 0.717) is 5.56 Å². The van der Waals surface area contributed by atoms with Crippen molar-refractivity contribution in [2.75, 3.05) is 5.75 Å². The zero-order valence-corrected chi connectivity index (χ0v) is 12.2. The van der Waals surface area contributed by atoms with E-state index in [-0.39, 0.29) is 22.3 Å². The van der Waals surface area contributed by atoms with Crippen molar-refractivity contribution in [3.8, 4) is 11.8 Å². The van der Waals surface area contributed by atoms with Crippen molar-refractivity contribution in [3.05, 3.63) is 58.9 Å². The number of nitriles is 1. The average Bonchev–Trinajstić information content (AvgIpc) is 2.48. The molecule has 0 saturated carbocycles. The van der Waals surface area contributed by atoms with Gasteiger partial charge in [-0.05, 0) is 42.5 Å². The lowest BCUT2D eigenvalue weighted by molar-refractivity contribution is -0.131. The molecule has 3 nitrogen and oxygen atoms in total. The molecule has 0 aliphatic carbocycles. The summed E-state index contributed by atoms with van der Waals surface area (Å²) in [5, 5.41) is 8.92. The first-order valence-corrected chi connectivity index (χ1v) is 7.23. The summed E-state index contributed by atoms with van der Waals surface area (Å²) < 4.78 is 17.9. The first-order valence-electron chi connectivity index (χ1n) is 5.87. The van der Waals surface area contributed by atoms with Gasteiger partial charge in [0.05, 0.1) is 22.4 Å². The van der Waals surface area contributed by atoms with E-state index in [2.05, 4.69) is 0 Å². The molecule has 0 amide bonds. The van der Waals surface area contributed by atoms with E-state index in [0.717, 1.165) is 4.90 Å². The third kappa shape index (κ3) is 4.48. The molecule has 0 heterocycles. The maximum Gasteiger partial charge on any atom is 0.321 e. The molecule has 106 valence electrons. The predicted molar refractivity (Wildman–Crippen MR) is 78.9 cm³/mol. The normalized spacial score (nSPS) is 9.95. The third-order valence-corrected chi connectivity index (χ3v) is 3.74. The Kier molecular flexibility index (Phi) is 5.20. The Bertz CT molecular complexity index is 698. The van der Waals surface area contributed by atoms with Crippen LogP contribution in [0.1, 0.15) is 5.56 Å². The van der Waals surface area contributed by atoms with Crippen molar-refractivity contribution < 1.29 is 13.9 Å². The largest absolute Gasteiger partial charge is 0.424 e. The zero-order valence-electron chi connectivity index (χ0n) is 10.7. The summed E-state index contributed by atoms with van der Waals surface area (Å²) in [6.07, 6.45) is 0. The van der Waals surface area contributed by atoms with Gasteiger partial charge in [0.25, 0.3) is 0 Å². The molecule has 0 aliphatic rings. The molecule has 2 aromatic rings. The van der Waals surface area contributed by atoms with Crippen LogP contribution < -0.4 is 4.74 Å². The van der Waals surface area contributed by atoms with E-state index < -0.39 is 5.97 Å². The Balaban J connectivity index is 1.93. The van der Waals surface area contributed by atoms with Crippen molar-refractivity contribution in [3.63, 3.8) is 0 Å². The van der Waals surface area contributed by atoms with Crippen LogP contribution in [0.2, 0.25) is 5.02 Å². The Morgan fingerprint density at radius 3 is 2.62 bits per heavy atom. The summed E-state index contributed by atoms with van der Waals surface area (Å²) in [4.78, 5) is 12.5. The van der Waals surface area contributed by atoms with Crippen LogP contribution in [0.25, 0.3) is 0 Å². The Morgan fingerprint density at radius 1 is 1.29 bits per heavy atom. The molecule has 0 atom stereocenters. The number of carbonyl (C=O) groups excluding carboxylic acids is 1.